The summed E-state index contributed by atoms with van der Waals surface area (Å²) in [5, 5.41) is 24.2. The van der Waals surface area contributed by atoms with E-state index in [0.29, 0.717) is 30.2 Å². The number of aliphatic hydroxyl groups is 1. The maximum Gasteiger partial charge on any atom is 0.448 e. The van der Waals surface area contributed by atoms with Crippen molar-refractivity contribution in [2.75, 3.05) is 13.1 Å². The molecule has 3 aromatic carbocycles. The molecule has 4 N–H and O–H groups in total. The van der Waals surface area contributed by atoms with Gasteiger partial charge >= 0.3 is 17.6 Å². The number of benzene rings is 3. The molecule has 316 valence electrons. The van der Waals surface area contributed by atoms with Gasteiger partial charge in [0.1, 0.15) is 17.5 Å². The first-order valence-corrected chi connectivity index (χ1v) is 20.0. The Morgan fingerprint density at radius 1 is 0.625 bits per heavy atom. The van der Waals surface area contributed by atoms with Crippen LogP contribution in [0.5, 0.6) is 0 Å². The van der Waals surface area contributed by atoms with Crippen LogP contribution in [0.15, 0.2) is 163 Å². The number of amidine groups is 2. The molecule has 0 spiro atoms. The maximum atomic E-state index is 14.8. The number of carbonyl (C=O) groups excluding carboxylic acids is 3. The fourth-order valence-electron chi connectivity index (χ4n) is 7.14. The number of hydrogen-bond acceptors (Lipinski definition) is 11. The van der Waals surface area contributed by atoms with Gasteiger partial charge < -0.3 is 28.7 Å². The van der Waals surface area contributed by atoms with E-state index in [1.54, 1.807) is 72.8 Å². The molecule has 0 saturated heterocycles. The largest absolute Gasteiger partial charge is 0.459 e. The Labute approximate surface area is 361 Å². The molecule has 18 nitrogen and oxygen atoms in total. The van der Waals surface area contributed by atoms with Gasteiger partial charge in [-0.2, -0.15) is 5.32 Å². The van der Waals surface area contributed by atoms with E-state index in [-0.39, 0.29) is 40.1 Å². The molecule has 0 saturated carbocycles. The zero-order valence-electron chi connectivity index (χ0n) is 34.1. The number of rotatable bonds is 8. The molecule has 4 aliphatic rings. The Hall–Kier alpha value is -9.06. The first-order valence-electron chi connectivity index (χ1n) is 20.0. The predicted octanol–water partition coefficient (Wildman–Crippen LogP) is 0.154. The van der Waals surface area contributed by atoms with Gasteiger partial charge in [0.25, 0.3) is 22.7 Å². The molecule has 4 aliphatic heterocycles. The van der Waals surface area contributed by atoms with Crippen molar-refractivity contribution in [2.24, 2.45) is 0 Å². The van der Waals surface area contributed by atoms with E-state index in [2.05, 4.69) is 30.5 Å². The molecule has 9 rings (SSSR count). The third kappa shape index (κ3) is 7.62. The highest BCUT2D eigenvalue weighted by atomic mass is 16.4. The van der Waals surface area contributed by atoms with Crippen molar-refractivity contribution >= 4 is 69.6 Å². The lowest BCUT2D eigenvalue weighted by Crippen LogP contribution is -2.98. The lowest BCUT2D eigenvalue weighted by Gasteiger charge is -2.22. The number of carbonyl (C=O) groups is 3. The predicted molar refractivity (Wildman–Crippen MR) is 234 cm³/mol. The van der Waals surface area contributed by atoms with Crippen molar-refractivity contribution in [2.45, 2.75) is 13.8 Å². The fourth-order valence-corrected chi connectivity index (χ4v) is 7.14. The van der Waals surface area contributed by atoms with Crippen LogP contribution in [0.1, 0.15) is 25.6 Å². The Kier molecular flexibility index (Phi) is 10.6. The number of nitrogens with one attached hydrogen (secondary N) is 3. The topological polar surface area (TPSA) is 230 Å². The van der Waals surface area contributed by atoms with Crippen molar-refractivity contribution in [3.05, 3.63) is 182 Å². The lowest BCUT2D eigenvalue weighted by atomic mass is 10.1. The number of aromatic nitrogens is 4. The minimum absolute atomic E-state index is 0.0205. The highest BCUT2D eigenvalue weighted by Crippen LogP contribution is 2.23. The van der Waals surface area contributed by atoms with Crippen LogP contribution < -0.4 is 25.8 Å². The Balaban J connectivity index is 1.20. The number of hydrogen-bond donors (Lipinski definition) is 4. The normalized spacial score (nSPS) is 18.8. The number of para-hydroxylation sites is 2. The van der Waals surface area contributed by atoms with Gasteiger partial charge in [0.15, 0.2) is 11.0 Å². The number of amides is 3. The molecule has 5 aromatic rings. The van der Waals surface area contributed by atoms with E-state index in [4.69, 9.17) is 8.83 Å². The van der Waals surface area contributed by atoms with E-state index < -0.39 is 51.2 Å². The van der Waals surface area contributed by atoms with Crippen molar-refractivity contribution < 1.29 is 43.3 Å². The van der Waals surface area contributed by atoms with Crippen molar-refractivity contribution in [3.8, 4) is 11.4 Å². The van der Waals surface area contributed by atoms with E-state index >= 15 is 0 Å². The first-order chi connectivity index (χ1) is 31.1. The number of aliphatic hydroxyl groups excluding tert-OH is 1. The van der Waals surface area contributed by atoms with Gasteiger partial charge in [0.05, 0.1) is 17.1 Å². The number of allylic oxidation sites excluding steroid dienone is 6. The summed E-state index contributed by atoms with van der Waals surface area (Å²) < 4.78 is 14.4. The third-order valence-electron chi connectivity index (χ3n) is 10.2. The van der Waals surface area contributed by atoms with E-state index in [1.807, 2.05) is 72.5 Å². The summed E-state index contributed by atoms with van der Waals surface area (Å²) in [5.74, 6) is -3.44. The average Bonchev–Trinajstić information content (AvgIpc) is 3.31. The summed E-state index contributed by atoms with van der Waals surface area (Å²) in [6.07, 6.45) is 20.1. The molecular formula is C46H36N10O8+2. The van der Waals surface area contributed by atoms with Crippen molar-refractivity contribution in [1.29, 1.82) is 0 Å². The SMILES string of the molecule is CCN1C=CC=CC1=CC1=[NH+]C(=O)C(=Cc2nn(-c3ccccc3)c3c(=O)c4oc(C=C5C(=O)[NH+]=C(C=C6C=CC=CN6CC)[NH+]=C5O)nn(-c5ccccc5)c4c(=O)c3o2)C(=O)[N-]1. The Bertz CT molecular complexity index is 3210. The second kappa shape index (κ2) is 16.8. The molecule has 0 aliphatic carbocycles. The van der Waals surface area contributed by atoms with Gasteiger partial charge in [-0.25, -0.2) is 14.2 Å². The monoisotopic (exact) mass is 856 g/mol. The van der Waals surface area contributed by atoms with Crippen LogP contribution in [-0.2, 0) is 14.4 Å². The Morgan fingerprint density at radius 2 is 1.12 bits per heavy atom. The van der Waals surface area contributed by atoms with Crippen molar-refractivity contribution in [1.82, 2.24) is 29.4 Å². The Morgan fingerprint density at radius 3 is 1.62 bits per heavy atom. The van der Waals surface area contributed by atoms with Crippen LogP contribution in [0.25, 0.3) is 51.0 Å². The number of nitrogens with zero attached hydrogens (tertiary/aromatic N) is 7. The standard InChI is InChI=1S/C46H34N10O8/c1-3-53-21-13-11-19-29(53)23-33-47-43(59)31(44(60)48-33)25-35-51-55(27-15-7-5-8-16-27)37-40(58)42-38(39(57)41(37)63-35)56(28-17-9-6-10-18-28)52-36(64-42)26-32-45(61)49-34(50-46(32)62)24-30-20-12-14-22-54(30)4-2/h5-26H,3-4H2,1-2H3,(H2,47,48,49,50,59,60,61,62)/p+2. The molecule has 18 heteroatoms. The van der Waals surface area contributed by atoms with E-state index in [0.717, 1.165) is 27.2 Å². The second-order valence-electron chi connectivity index (χ2n) is 14.2. The summed E-state index contributed by atoms with van der Waals surface area (Å²) in [7, 11) is 0. The molecule has 0 bridgehead atoms. The summed E-state index contributed by atoms with van der Waals surface area (Å²) in [5.41, 5.74) is -2.09. The second-order valence-corrected chi connectivity index (χ2v) is 14.2. The molecule has 3 amide bonds. The molecule has 2 aromatic heterocycles. The van der Waals surface area contributed by atoms with Gasteiger partial charge in [-0.3, -0.25) is 19.2 Å². The lowest BCUT2D eigenvalue weighted by molar-refractivity contribution is -0.466. The number of fused-ring (bicyclic) bond motifs is 2. The van der Waals surface area contributed by atoms with Gasteiger partial charge in [0.2, 0.25) is 28.5 Å². The smallest absolute Gasteiger partial charge is 0.448 e. The summed E-state index contributed by atoms with van der Waals surface area (Å²) >= 11 is 0. The zero-order valence-corrected chi connectivity index (χ0v) is 34.1. The van der Waals surface area contributed by atoms with Crippen molar-refractivity contribution in [3.63, 3.8) is 0 Å². The molecular weight excluding hydrogens is 821 g/mol. The quantitative estimate of drug-likeness (QED) is 0.0930. The summed E-state index contributed by atoms with van der Waals surface area (Å²) in [4.78, 5) is 81.8. The summed E-state index contributed by atoms with van der Waals surface area (Å²) in [6, 6.07) is 16.7. The van der Waals surface area contributed by atoms with Crippen LogP contribution in [0.2, 0.25) is 0 Å². The van der Waals surface area contributed by atoms with Gasteiger partial charge in [-0.05, 0) is 62.4 Å². The first kappa shape index (κ1) is 40.4. The van der Waals surface area contributed by atoms with E-state index in [9.17, 15) is 29.1 Å². The van der Waals surface area contributed by atoms with Crippen LogP contribution in [0.4, 0.5) is 0 Å². The molecule has 6 heterocycles. The highest BCUT2D eigenvalue weighted by Gasteiger charge is 2.35. The van der Waals surface area contributed by atoms with Crippen LogP contribution >= 0.6 is 0 Å². The highest BCUT2D eigenvalue weighted by molar-refractivity contribution is 6.35. The van der Waals surface area contributed by atoms with Gasteiger partial charge in [-0.15, -0.1) is 20.2 Å². The summed E-state index contributed by atoms with van der Waals surface area (Å²) in [6.45, 7) is 5.21. The number of likely N-dealkylation sites (N-methyl/N-ethyl adjacent to an activating group) is 2. The fraction of sp³-hybridized carbons (Fsp3) is 0.0870. The van der Waals surface area contributed by atoms with Gasteiger partial charge in [-0.1, -0.05) is 48.6 Å². The third-order valence-corrected chi connectivity index (χ3v) is 10.2. The molecule has 0 radical (unpaired) electrons. The average molecular weight is 857 g/mol. The van der Waals surface area contributed by atoms with Crippen LogP contribution in [0, 0.1) is 0 Å². The van der Waals surface area contributed by atoms with E-state index in [1.165, 1.54) is 0 Å². The van der Waals surface area contributed by atoms with Gasteiger partial charge in [0, 0.05) is 49.4 Å². The molecule has 0 unspecified atom stereocenters. The minimum atomic E-state index is -0.896. The molecule has 0 fully saturated rings. The molecule has 0 atom stereocenters. The zero-order chi connectivity index (χ0) is 44.5. The minimum Gasteiger partial charge on any atom is -0.459 e. The maximum absolute atomic E-state index is 14.8. The molecule has 64 heavy (non-hydrogen) atoms. The van der Waals surface area contributed by atoms with Crippen LogP contribution in [-0.4, -0.2) is 82.8 Å². The van der Waals surface area contributed by atoms with Crippen LogP contribution in [0.3, 0.4) is 0 Å².